The molecule has 0 spiro atoms. The van der Waals surface area contributed by atoms with E-state index in [2.05, 4.69) is 17.1 Å². The summed E-state index contributed by atoms with van der Waals surface area (Å²) in [6.45, 7) is 3.66. The molecule has 0 radical (unpaired) electrons. The Hall–Kier alpha value is -1.79. The van der Waals surface area contributed by atoms with Crippen molar-refractivity contribution in [3.63, 3.8) is 0 Å². The second kappa shape index (κ2) is 9.24. The van der Waals surface area contributed by atoms with Crippen LogP contribution in [0.15, 0.2) is 24.3 Å². The van der Waals surface area contributed by atoms with E-state index < -0.39 is 0 Å². The van der Waals surface area contributed by atoms with Gasteiger partial charge >= 0.3 is 0 Å². The molecule has 3 rings (SSSR count). The van der Waals surface area contributed by atoms with Crippen LogP contribution in [0.5, 0.6) is 0 Å². The third-order valence-electron chi connectivity index (χ3n) is 4.83. The summed E-state index contributed by atoms with van der Waals surface area (Å²) in [7, 11) is 1.72. The largest absolute Gasteiger partial charge is 0.385 e. The molecule has 26 heavy (non-hydrogen) atoms. The Morgan fingerprint density at radius 1 is 1.35 bits per heavy atom. The van der Waals surface area contributed by atoms with Crippen molar-refractivity contribution in [2.45, 2.75) is 51.5 Å². The SMILES string of the molecule is CCCc1nnc(-c2cccc(C(=O)N3CCCCC3CCOC)c2)s1. The lowest BCUT2D eigenvalue weighted by molar-refractivity contribution is 0.0553. The van der Waals surface area contributed by atoms with Crippen LogP contribution in [0, 0.1) is 0 Å². The molecule has 1 aliphatic heterocycles. The fourth-order valence-electron chi connectivity index (χ4n) is 3.46. The number of nitrogens with zero attached hydrogens (tertiary/aromatic N) is 3. The number of carbonyl (C=O) groups excluding carboxylic acids is 1. The van der Waals surface area contributed by atoms with E-state index in [1.807, 2.05) is 29.2 Å². The second-order valence-corrected chi connectivity index (χ2v) is 7.82. The standard InChI is InChI=1S/C20H27N3O2S/c1-3-7-18-21-22-19(26-18)15-8-6-9-16(14-15)20(24)23-12-5-4-10-17(23)11-13-25-2/h6,8-9,14,17H,3-5,7,10-13H2,1-2H3. The first-order valence-corrected chi connectivity index (χ1v) is 10.3. The highest BCUT2D eigenvalue weighted by atomic mass is 32.1. The zero-order valence-corrected chi connectivity index (χ0v) is 16.4. The number of piperidine rings is 1. The predicted molar refractivity (Wildman–Crippen MR) is 105 cm³/mol. The molecule has 1 aromatic carbocycles. The predicted octanol–water partition coefficient (Wildman–Crippen LogP) is 4.19. The first kappa shape index (κ1) is 19.0. The number of rotatable bonds is 7. The molecule has 1 fully saturated rings. The highest BCUT2D eigenvalue weighted by molar-refractivity contribution is 7.14. The maximum Gasteiger partial charge on any atom is 0.254 e. The Morgan fingerprint density at radius 2 is 2.23 bits per heavy atom. The van der Waals surface area contributed by atoms with Crippen molar-refractivity contribution in [2.75, 3.05) is 20.3 Å². The van der Waals surface area contributed by atoms with E-state index in [0.717, 1.165) is 59.8 Å². The minimum Gasteiger partial charge on any atom is -0.385 e. The Balaban J connectivity index is 1.78. The lowest BCUT2D eigenvalue weighted by atomic mass is 9.98. The highest BCUT2D eigenvalue weighted by Gasteiger charge is 2.27. The molecule has 0 aliphatic carbocycles. The summed E-state index contributed by atoms with van der Waals surface area (Å²) in [5, 5.41) is 10.5. The quantitative estimate of drug-likeness (QED) is 0.730. The van der Waals surface area contributed by atoms with E-state index in [1.165, 1.54) is 6.42 Å². The molecule has 0 saturated carbocycles. The summed E-state index contributed by atoms with van der Waals surface area (Å²) in [6.07, 6.45) is 6.23. The van der Waals surface area contributed by atoms with Gasteiger partial charge in [-0.15, -0.1) is 10.2 Å². The maximum absolute atomic E-state index is 13.1. The lowest BCUT2D eigenvalue weighted by Gasteiger charge is -2.36. The zero-order valence-electron chi connectivity index (χ0n) is 15.6. The highest BCUT2D eigenvalue weighted by Crippen LogP contribution is 2.27. The molecule has 5 nitrogen and oxygen atoms in total. The summed E-state index contributed by atoms with van der Waals surface area (Å²) in [5.74, 6) is 0.117. The smallest absolute Gasteiger partial charge is 0.254 e. The van der Waals surface area contributed by atoms with Crippen molar-refractivity contribution in [2.24, 2.45) is 0 Å². The summed E-state index contributed by atoms with van der Waals surface area (Å²) >= 11 is 1.61. The average Bonchev–Trinajstić information content (AvgIpc) is 3.15. The molecular formula is C20H27N3O2S. The number of hydrogen-bond donors (Lipinski definition) is 0. The number of aromatic nitrogens is 2. The summed E-state index contributed by atoms with van der Waals surface area (Å²) in [4.78, 5) is 15.1. The van der Waals surface area contributed by atoms with Crippen molar-refractivity contribution in [1.29, 1.82) is 0 Å². The van der Waals surface area contributed by atoms with Gasteiger partial charge in [-0.2, -0.15) is 0 Å². The zero-order chi connectivity index (χ0) is 18.4. The molecule has 2 heterocycles. The third-order valence-corrected chi connectivity index (χ3v) is 5.86. The van der Waals surface area contributed by atoms with Crippen LogP contribution < -0.4 is 0 Å². The van der Waals surface area contributed by atoms with Crippen LogP contribution in [0.1, 0.15) is 54.4 Å². The molecule has 2 aromatic rings. The molecule has 0 N–H and O–H groups in total. The number of hydrogen-bond acceptors (Lipinski definition) is 5. The second-order valence-electron chi connectivity index (χ2n) is 6.76. The summed E-state index contributed by atoms with van der Waals surface area (Å²) in [6, 6.07) is 8.09. The monoisotopic (exact) mass is 373 g/mol. The third kappa shape index (κ3) is 4.48. The van der Waals surface area contributed by atoms with Crippen LogP contribution >= 0.6 is 11.3 Å². The Labute approximate surface area is 159 Å². The van der Waals surface area contributed by atoms with E-state index in [0.29, 0.717) is 6.61 Å². The van der Waals surface area contributed by atoms with Gasteiger partial charge in [-0.1, -0.05) is 30.4 Å². The van der Waals surface area contributed by atoms with E-state index in [9.17, 15) is 4.79 Å². The van der Waals surface area contributed by atoms with Gasteiger partial charge in [0, 0.05) is 43.9 Å². The molecule has 6 heteroatoms. The van der Waals surface area contributed by atoms with Crippen LogP contribution in [-0.4, -0.2) is 47.3 Å². The normalized spacial score (nSPS) is 17.5. The van der Waals surface area contributed by atoms with Crippen LogP contribution in [-0.2, 0) is 11.2 Å². The Kier molecular flexibility index (Phi) is 6.74. The first-order valence-electron chi connectivity index (χ1n) is 9.45. The van der Waals surface area contributed by atoms with E-state index in [-0.39, 0.29) is 11.9 Å². The summed E-state index contributed by atoms with van der Waals surface area (Å²) in [5.41, 5.74) is 1.71. The van der Waals surface area contributed by atoms with Crippen LogP contribution in [0.4, 0.5) is 0 Å². The van der Waals surface area contributed by atoms with Gasteiger partial charge in [-0.05, 0) is 44.2 Å². The Bertz CT molecular complexity index is 731. The number of aryl methyl sites for hydroxylation is 1. The van der Waals surface area contributed by atoms with Crippen molar-refractivity contribution in [3.8, 4) is 10.6 Å². The number of amides is 1. The van der Waals surface area contributed by atoms with Crippen molar-refractivity contribution < 1.29 is 9.53 Å². The lowest BCUT2D eigenvalue weighted by Crippen LogP contribution is -2.44. The fourth-order valence-corrected chi connectivity index (χ4v) is 4.40. The van der Waals surface area contributed by atoms with Gasteiger partial charge in [0.2, 0.25) is 0 Å². The number of likely N-dealkylation sites (tertiary alicyclic amines) is 1. The molecule has 1 aromatic heterocycles. The molecule has 1 unspecified atom stereocenters. The van der Waals surface area contributed by atoms with Gasteiger partial charge in [0.1, 0.15) is 10.0 Å². The van der Waals surface area contributed by atoms with Crippen molar-refractivity contribution in [1.82, 2.24) is 15.1 Å². The molecule has 1 atom stereocenters. The molecule has 0 bridgehead atoms. The topological polar surface area (TPSA) is 55.3 Å². The molecule has 140 valence electrons. The molecule has 1 saturated heterocycles. The minimum absolute atomic E-state index is 0.117. The van der Waals surface area contributed by atoms with Gasteiger partial charge in [-0.3, -0.25) is 4.79 Å². The average molecular weight is 374 g/mol. The van der Waals surface area contributed by atoms with Gasteiger partial charge in [0.15, 0.2) is 0 Å². The number of methoxy groups -OCH3 is 1. The van der Waals surface area contributed by atoms with Gasteiger partial charge in [0.25, 0.3) is 5.91 Å². The first-order chi connectivity index (χ1) is 12.7. The van der Waals surface area contributed by atoms with Crippen LogP contribution in [0.2, 0.25) is 0 Å². The fraction of sp³-hybridized carbons (Fsp3) is 0.550. The van der Waals surface area contributed by atoms with E-state index >= 15 is 0 Å². The summed E-state index contributed by atoms with van der Waals surface area (Å²) < 4.78 is 5.23. The molecule has 1 aliphatic rings. The van der Waals surface area contributed by atoms with Gasteiger partial charge in [-0.25, -0.2) is 0 Å². The van der Waals surface area contributed by atoms with Crippen LogP contribution in [0.3, 0.4) is 0 Å². The number of ether oxygens (including phenoxy) is 1. The number of carbonyl (C=O) groups is 1. The number of benzene rings is 1. The van der Waals surface area contributed by atoms with E-state index in [4.69, 9.17) is 4.74 Å². The van der Waals surface area contributed by atoms with Gasteiger partial charge < -0.3 is 9.64 Å². The van der Waals surface area contributed by atoms with Gasteiger partial charge in [0.05, 0.1) is 0 Å². The molecule has 1 amide bonds. The van der Waals surface area contributed by atoms with Crippen molar-refractivity contribution >= 4 is 17.2 Å². The van der Waals surface area contributed by atoms with Crippen molar-refractivity contribution in [3.05, 3.63) is 34.8 Å². The van der Waals surface area contributed by atoms with E-state index in [1.54, 1.807) is 18.4 Å². The van der Waals surface area contributed by atoms with Crippen LogP contribution in [0.25, 0.3) is 10.6 Å². The minimum atomic E-state index is 0.117. The maximum atomic E-state index is 13.1. The molecular weight excluding hydrogens is 346 g/mol. The Morgan fingerprint density at radius 3 is 3.04 bits per heavy atom.